The number of nitrogens with two attached hydrogens (primary N) is 1. The minimum atomic E-state index is -3.60. The van der Waals surface area contributed by atoms with Crippen LogP contribution in [0.2, 0.25) is 0 Å². The molecular weight excluding hydrogens is 549 g/mol. The van der Waals surface area contributed by atoms with Crippen molar-refractivity contribution in [3.63, 3.8) is 0 Å². The Hall–Kier alpha value is -3.37. The molecule has 188 valence electrons. The van der Waals surface area contributed by atoms with E-state index >= 15 is 0 Å². The number of sulfonamides is 1. The van der Waals surface area contributed by atoms with E-state index in [1.54, 1.807) is 34.9 Å². The van der Waals surface area contributed by atoms with Crippen LogP contribution in [0, 0.1) is 5.82 Å². The van der Waals surface area contributed by atoms with Gasteiger partial charge in [0.2, 0.25) is 10.0 Å². The van der Waals surface area contributed by atoms with E-state index in [9.17, 15) is 17.6 Å². The lowest BCUT2D eigenvalue weighted by Gasteiger charge is -2.27. The Morgan fingerprint density at radius 1 is 1.06 bits per heavy atom. The molecule has 3 N–H and O–H groups in total. The second-order valence-corrected chi connectivity index (χ2v) is 11.7. The molecule has 1 amide bonds. The third kappa shape index (κ3) is 4.96. The first-order valence-electron chi connectivity index (χ1n) is 10.9. The van der Waals surface area contributed by atoms with Gasteiger partial charge in [0, 0.05) is 21.0 Å². The molecule has 0 atom stereocenters. The topological polar surface area (TPSA) is 103 Å². The van der Waals surface area contributed by atoms with Crippen molar-refractivity contribution < 1.29 is 22.3 Å². The van der Waals surface area contributed by atoms with Crippen LogP contribution < -0.4 is 15.2 Å². The fraction of sp³-hybridized carbons (Fsp3) is 0.192. The van der Waals surface area contributed by atoms with Crippen molar-refractivity contribution >= 4 is 48.5 Å². The van der Waals surface area contributed by atoms with Crippen molar-refractivity contribution in [3.8, 4) is 11.4 Å². The second-order valence-electron chi connectivity index (χ2n) is 9.04. The molecule has 10 heteroatoms. The number of fused-ring (bicyclic) bond motifs is 1. The molecule has 0 aliphatic rings. The predicted molar refractivity (Wildman–Crippen MR) is 143 cm³/mol. The number of anilines is 1. The Bertz CT molecular complexity index is 1600. The first-order chi connectivity index (χ1) is 16.8. The third-order valence-electron chi connectivity index (χ3n) is 6.10. The van der Waals surface area contributed by atoms with Crippen LogP contribution in [-0.2, 0) is 15.4 Å². The molecule has 4 rings (SSSR count). The number of amides is 1. The molecule has 1 aromatic heterocycles. The van der Waals surface area contributed by atoms with E-state index in [1.807, 2.05) is 32.0 Å². The number of nitrogens with one attached hydrogen (secondary N) is 1. The molecule has 0 aliphatic heterocycles. The summed E-state index contributed by atoms with van der Waals surface area (Å²) in [5, 5.41) is 0.638. The van der Waals surface area contributed by atoms with Gasteiger partial charge in [-0.15, -0.1) is 0 Å². The summed E-state index contributed by atoms with van der Waals surface area (Å²) in [4.78, 5) is 12.5. The summed E-state index contributed by atoms with van der Waals surface area (Å²) in [6.45, 7) is 4.04. The van der Waals surface area contributed by atoms with Gasteiger partial charge in [0.1, 0.15) is 17.3 Å². The monoisotopic (exact) mass is 573 g/mol. The minimum absolute atomic E-state index is 0.215. The molecule has 0 spiro atoms. The summed E-state index contributed by atoms with van der Waals surface area (Å²) in [5.41, 5.74) is 8.68. The number of rotatable bonds is 7. The fourth-order valence-corrected chi connectivity index (χ4v) is 5.28. The Morgan fingerprint density at radius 3 is 2.31 bits per heavy atom. The SMILES string of the molecule is COc1cc2cc(C(N)=O)n(-c3cc(Br)cc(C(C)(C)c4ccc(F)cc4)c3)c2cc1NS(C)(=O)=O. The molecule has 0 fully saturated rings. The standard InChI is InChI=1S/C26H25BrFN3O4S/c1-26(2,16-5-7-19(28)8-6-16)17-11-18(27)13-20(12-17)31-22-14-21(30-36(4,33)34)24(35-3)10-15(22)9-23(31)25(29)32/h5-14,30H,1-4H3,(H2,29,32). The van der Waals surface area contributed by atoms with E-state index < -0.39 is 21.3 Å². The summed E-state index contributed by atoms with van der Waals surface area (Å²) in [5.74, 6) is -0.668. The number of carbonyl (C=O) groups excluding carboxylic acids is 1. The molecule has 0 radical (unpaired) electrons. The smallest absolute Gasteiger partial charge is 0.265 e. The van der Waals surface area contributed by atoms with Crippen molar-refractivity contribution in [2.24, 2.45) is 5.73 Å². The highest BCUT2D eigenvalue weighted by Crippen LogP contribution is 2.38. The van der Waals surface area contributed by atoms with E-state index in [1.165, 1.54) is 19.2 Å². The van der Waals surface area contributed by atoms with Crippen LogP contribution in [0.5, 0.6) is 5.75 Å². The quantitative estimate of drug-likeness (QED) is 0.311. The van der Waals surface area contributed by atoms with Crippen LogP contribution in [0.25, 0.3) is 16.6 Å². The molecule has 0 saturated carbocycles. The Labute approximate surface area is 217 Å². The zero-order chi connectivity index (χ0) is 26.4. The minimum Gasteiger partial charge on any atom is -0.495 e. The van der Waals surface area contributed by atoms with Gasteiger partial charge >= 0.3 is 0 Å². The number of methoxy groups -OCH3 is 1. The number of ether oxygens (including phenoxy) is 1. The fourth-order valence-electron chi connectivity index (χ4n) is 4.24. The number of hydrogen-bond donors (Lipinski definition) is 2. The van der Waals surface area contributed by atoms with Crippen LogP contribution in [0.4, 0.5) is 10.1 Å². The van der Waals surface area contributed by atoms with E-state index in [0.29, 0.717) is 22.3 Å². The van der Waals surface area contributed by atoms with Crippen molar-refractivity contribution in [1.29, 1.82) is 0 Å². The number of nitrogens with zero attached hydrogens (tertiary/aromatic N) is 1. The Morgan fingerprint density at radius 2 is 1.72 bits per heavy atom. The molecule has 1 heterocycles. The number of hydrogen-bond acceptors (Lipinski definition) is 4. The van der Waals surface area contributed by atoms with Crippen LogP contribution in [0.3, 0.4) is 0 Å². The lowest BCUT2D eigenvalue weighted by molar-refractivity contribution is 0.0994. The van der Waals surface area contributed by atoms with Crippen molar-refractivity contribution in [3.05, 3.63) is 87.8 Å². The Balaban J connectivity index is 1.98. The highest BCUT2D eigenvalue weighted by molar-refractivity contribution is 9.10. The molecule has 36 heavy (non-hydrogen) atoms. The summed E-state index contributed by atoms with van der Waals surface area (Å²) in [6.07, 6.45) is 1.04. The van der Waals surface area contributed by atoms with Gasteiger partial charge in [-0.3, -0.25) is 9.52 Å². The molecule has 0 unspecified atom stereocenters. The molecule has 7 nitrogen and oxygen atoms in total. The lowest BCUT2D eigenvalue weighted by atomic mass is 9.78. The number of aromatic nitrogens is 1. The van der Waals surface area contributed by atoms with Gasteiger partial charge < -0.3 is 15.0 Å². The van der Waals surface area contributed by atoms with Gasteiger partial charge in [0.25, 0.3) is 5.91 Å². The van der Waals surface area contributed by atoms with Gasteiger partial charge in [-0.2, -0.15) is 0 Å². The van der Waals surface area contributed by atoms with Crippen LogP contribution in [0.1, 0.15) is 35.5 Å². The van der Waals surface area contributed by atoms with Crippen molar-refractivity contribution in [1.82, 2.24) is 4.57 Å². The largest absolute Gasteiger partial charge is 0.495 e. The summed E-state index contributed by atoms with van der Waals surface area (Å²) < 4.78 is 47.7. The zero-order valence-electron chi connectivity index (χ0n) is 20.1. The molecular formula is C26H25BrFN3O4S. The molecule has 0 saturated heterocycles. The van der Waals surface area contributed by atoms with Gasteiger partial charge in [-0.1, -0.05) is 41.9 Å². The first-order valence-corrected chi connectivity index (χ1v) is 13.6. The maximum absolute atomic E-state index is 13.5. The van der Waals surface area contributed by atoms with E-state index in [0.717, 1.165) is 21.9 Å². The summed E-state index contributed by atoms with van der Waals surface area (Å²) >= 11 is 3.58. The van der Waals surface area contributed by atoms with Crippen LogP contribution in [-0.4, -0.2) is 32.3 Å². The maximum atomic E-state index is 13.5. The highest BCUT2D eigenvalue weighted by atomic mass is 79.9. The lowest BCUT2D eigenvalue weighted by Crippen LogP contribution is -2.20. The maximum Gasteiger partial charge on any atom is 0.265 e. The molecule has 4 aromatic rings. The third-order valence-corrected chi connectivity index (χ3v) is 7.15. The van der Waals surface area contributed by atoms with E-state index in [2.05, 4.69) is 20.7 Å². The number of halogens is 2. The molecule has 3 aromatic carbocycles. The predicted octanol–water partition coefficient (Wildman–Crippen LogP) is 5.34. The number of carbonyl (C=O) groups is 1. The van der Waals surface area contributed by atoms with E-state index in [-0.39, 0.29) is 17.2 Å². The second kappa shape index (κ2) is 9.25. The Kier molecular flexibility index (Phi) is 6.61. The summed E-state index contributed by atoms with van der Waals surface area (Å²) in [7, 11) is -2.17. The van der Waals surface area contributed by atoms with Gasteiger partial charge in [0.15, 0.2) is 0 Å². The van der Waals surface area contributed by atoms with Crippen LogP contribution in [0.15, 0.2) is 65.1 Å². The average Bonchev–Trinajstić information content (AvgIpc) is 3.16. The highest BCUT2D eigenvalue weighted by Gasteiger charge is 2.26. The average molecular weight is 574 g/mol. The number of benzene rings is 3. The molecule has 0 aliphatic carbocycles. The first kappa shape index (κ1) is 25.7. The van der Waals surface area contributed by atoms with E-state index in [4.69, 9.17) is 10.5 Å². The van der Waals surface area contributed by atoms with Crippen molar-refractivity contribution in [2.45, 2.75) is 19.3 Å². The molecule has 0 bridgehead atoms. The normalized spacial score (nSPS) is 12.1. The number of primary amides is 1. The van der Waals surface area contributed by atoms with Gasteiger partial charge in [-0.05, 0) is 59.7 Å². The van der Waals surface area contributed by atoms with Gasteiger partial charge in [0.05, 0.1) is 24.6 Å². The van der Waals surface area contributed by atoms with Crippen LogP contribution >= 0.6 is 15.9 Å². The zero-order valence-corrected chi connectivity index (χ0v) is 22.5. The van der Waals surface area contributed by atoms with Gasteiger partial charge in [-0.25, -0.2) is 12.8 Å². The van der Waals surface area contributed by atoms with Crippen molar-refractivity contribution in [2.75, 3.05) is 18.1 Å². The summed E-state index contributed by atoms with van der Waals surface area (Å²) in [6, 6.07) is 16.9.